The van der Waals surface area contributed by atoms with Gasteiger partial charge in [-0.05, 0) is 140 Å². The van der Waals surface area contributed by atoms with Gasteiger partial charge in [0.2, 0.25) is 0 Å². The van der Waals surface area contributed by atoms with Gasteiger partial charge in [-0.2, -0.15) is 10.5 Å². The summed E-state index contributed by atoms with van der Waals surface area (Å²) in [6.45, 7) is 7.80. The lowest BCUT2D eigenvalue weighted by atomic mass is 10.1. The predicted octanol–water partition coefficient (Wildman–Crippen LogP) is 15.5. The van der Waals surface area contributed by atoms with Gasteiger partial charge in [-0.25, -0.2) is 4.85 Å². The van der Waals surface area contributed by atoms with Crippen molar-refractivity contribution in [3.63, 3.8) is 0 Å². The normalized spacial score (nSPS) is 10.8. The van der Waals surface area contributed by atoms with Crippen molar-refractivity contribution in [3.8, 4) is 17.8 Å². The molecule has 10 aromatic rings. The molecule has 7 nitrogen and oxygen atoms in total. The van der Waals surface area contributed by atoms with E-state index in [9.17, 15) is 10.5 Å². The third-order valence-electron chi connectivity index (χ3n) is 11.3. The zero-order chi connectivity index (χ0) is 43.4. The molecule has 0 saturated heterocycles. The molecule has 0 aliphatic carbocycles. The number of hydrogen-bond acceptors (Lipinski definition) is 5. The van der Waals surface area contributed by atoms with E-state index in [4.69, 9.17) is 6.57 Å². The second-order valence-electron chi connectivity index (χ2n) is 15.2. The van der Waals surface area contributed by atoms with Crippen molar-refractivity contribution in [1.82, 2.24) is 4.57 Å². The van der Waals surface area contributed by atoms with Crippen LogP contribution in [0.3, 0.4) is 0 Å². The summed E-state index contributed by atoms with van der Waals surface area (Å²) in [4.78, 5) is 10.3. The first-order valence-electron chi connectivity index (χ1n) is 20.8. The highest BCUT2D eigenvalue weighted by atomic mass is 15.2. The molecule has 64 heavy (non-hydrogen) atoms. The van der Waals surface area contributed by atoms with Crippen molar-refractivity contribution in [2.75, 3.05) is 14.7 Å². The van der Waals surface area contributed by atoms with E-state index in [1.165, 1.54) is 0 Å². The molecular weight excluding hydrogens is 783 g/mol. The first-order chi connectivity index (χ1) is 31.6. The van der Waals surface area contributed by atoms with Crippen LogP contribution in [0.5, 0.6) is 0 Å². The van der Waals surface area contributed by atoms with Gasteiger partial charge in [-0.1, -0.05) is 84.9 Å². The van der Waals surface area contributed by atoms with Crippen molar-refractivity contribution in [2.24, 2.45) is 0 Å². The summed E-state index contributed by atoms with van der Waals surface area (Å²) in [6, 6.07) is 80.0. The van der Waals surface area contributed by atoms with Gasteiger partial charge in [-0.15, -0.1) is 0 Å². The molecule has 300 valence electrons. The van der Waals surface area contributed by atoms with E-state index in [1.54, 1.807) is 0 Å². The number of para-hydroxylation sites is 3. The first kappa shape index (κ1) is 38.8. The van der Waals surface area contributed by atoms with Gasteiger partial charge >= 0.3 is 0 Å². The molecule has 0 spiro atoms. The van der Waals surface area contributed by atoms with Crippen molar-refractivity contribution in [3.05, 3.63) is 247 Å². The van der Waals surface area contributed by atoms with Gasteiger partial charge in [0.25, 0.3) is 0 Å². The molecule has 0 aliphatic heterocycles. The number of rotatable bonds is 10. The summed E-state index contributed by atoms with van der Waals surface area (Å²) in [5, 5.41) is 21.8. The Bertz CT molecular complexity index is 3290. The zero-order valence-electron chi connectivity index (χ0n) is 34.5. The Balaban J connectivity index is 1.22. The standard InChI is InChI=1S/C57H37N7/c1-60-43-17-13-26-49(35-43)63(46-22-9-4-10-23-46)53-30-32-57-55(38-53)54-37-52(62(45-20-7-3-8-21-45)48-25-12-16-42(34-48)40-59)29-31-56(54)64(57)51-28-14-27-50(36-51)61(44-18-5-2-6-19-44)47-24-11-15-41(33-47)39-58/h2-38H. The van der Waals surface area contributed by atoms with E-state index in [0.29, 0.717) is 16.8 Å². The molecule has 0 atom stereocenters. The summed E-state index contributed by atoms with van der Waals surface area (Å²) in [5.74, 6) is 0. The van der Waals surface area contributed by atoms with Crippen molar-refractivity contribution >= 4 is 78.7 Å². The Morgan fingerprint density at radius 1 is 0.359 bits per heavy atom. The van der Waals surface area contributed by atoms with Gasteiger partial charge in [0.15, 0.2) is 5.69 Å². The van der Waals surface area contributed by atoms with Gasteiger partial charge in [0.1, 0.15) is 0 Å². The molecule has 0 N–H and O–H groups in total. The highest BCUT2D eigenvalue weighted by Crippen LogP contribution is 2.44. The lowest BCUT2D eigenvalue weighted by Gasteiger charge is -2.26. The van der Waals surface area contributed by atoms with Crippen molar-refractivity contribution in [2.45, 2.75) is 0 Å². The van der Waals surface area contributed by atoms with Crippen LogP contribution in [0.4, 0.5) is 56.9 Å². The minimum Gasteiger partial charge on any atom is -0.312 e. The lowest BCUT2D eigenvalue weighted by Crippen LogP contribution is -2.11. The molecule has 0 radical (unpaired) electrons. The Morgan fingerprint density at radius 2 is 0.734 bits per heavy atom. The number of fused-ring (bicyclic) bond motifs is 3. The van der Waals surface area contributed by atoms with Crippen LogP contribution in [0.25, 0.3) is 32.3 Å². The fraction of sp³-hybridized carbons (Fsp3) is 0. The maximum atomic E-state index is 9.92. The number of hydrogen-bond donors (Lipinski definition) is 0. The molecule has 1 aromatic heterocycles. The Hall–Kier alpha value is -9.35. The van der Waals surface area contributed by atoms with Crippen LogP contribution in [0, 0.1) is 29.2 Å². The van der Waals surface area contributed by atoms with Crippen LogP contribution >= 0.6 is 0 Å². The molecule has 1 heterocycles. The second-order valence-corrected chi connectivity index (χ2v) is 15.2. The topological polar surface area (TPSA) is 66.6 Å². The zero-order valence-corrected chi connectivity index (χ0v) is 34.5. The van der Waals surface area contributed by atoms with Crippen LogP contribution < -0.4 is 14.7 Å². The average Bonchev–Trinajstić information content (AvgIpc) is 3.68. The number of anilines is 9. The number of benzene rings is 9. The van der Waals surface area contributed by atoms with Gasteiger partial charge in [0.05, 0.1) is 40.9 Å². The molecular formula is C57H37N7. The van der Waals surface area contributed by atoms with E-state index in [0.717, 1.165) is 78.7 Å². The molecule has 10 rings (SSSR count). The van der Waals surface area contributed by atoms with Crippen LogP contribution in [0.1, 0.15) is 11.1 Å². The monoisotopic (exact) mass is 819 g/mol. The summed E-state index contributed by atoms with van der Waals surface area (Å²) < 4.78 is 2.31. The van der Waals surface area contributed by atoms with Crippen LogP contribution in [-0.2, 0) is 0 Å². The van der Waals surface area contributed by atoms with Crippen LogP contribution in [0.2, 0.25) is 0 Å². The van der Waals surface area contributed by atoms with E-state index in [1.807, 2.05) is 127 Å². The molecule has 0 amide bonds. The molecule has 0 saturated carbocycles. The third-order valence-corrected chi connectivity index (χ3v) is 11.3. The maximum absolute atomic E-state index is 9.92. The van der Waals surface area contributed by atoms with Gasteiger partial charge in [-0.3, -0.25) is 0 Å². The molecule has 0 aliphatic rings. The highest BCUT2D eigenvalue weighted by Gasteiger charge is 2.22. The largest absolute Gasteiger partial charge is 0.312 e. The van der Waals surface area contributed by atoms with Crippen LogP contribution in [0.15, 0.2) is 224 Å². The lowest BCUT2D eigenvalue weighted by molar-refractivity contribution is 1.17. The van der Waals surface area contributed by atoms with E-state index < -0.39 is 0 Å². The quantitative estimate of drug-likeness (QED) is 0.129. The Morgan fingerprint density at radius 3 is 1.17 bits per heavy atom. The fourth-order valence-electron chi connectivity index (χ4n) is 8.53. The van der Waals surface area contributed by atoms with E-state index in [2.05, 4.69) is 133 Å². The Kier molecular flexibility index (Phi) is 10.3. The number of nitriles is 2. The molecule has 0 fully saturated rings. The highest BCUT2D eigenvalue weighted by molar-refractivity contribution is 6.12. The fourth-order valence-corrected chi connectivity index (χ4v) is 8.53. The van der Waals surface area contributed by atoms with E-state index in [-0.39, 0.29) is 0 Å². The summed E-state index contributed by atoms with van der Waals surface area (Å²) in [5.41, 5.74) is 13.0. The Labute approximate surface area is 371 Å². The minimum absolute atomic E-state index is 0.561. The molecule has 0 unspecified atom stereocenters. The predicted molar refractivity (Wildman–Crippen MR) is 261 cm³/mol. The van der Waals surface area contributed by atoms with Crippen LogP contribution in [-0.4, -0.2) is 4.57 Å². The van der Waals surface area contributed by atoms with Crippen molar-refractivity contribution < 1.29 is 0 Å². The van der Waals surface area contributed by atoms with Gasteiger partial charge in [0, 0.05) is 67.6 Å². The maximum Gasteiger partial charge on any atom is 0.189 e. The minimum atomic E-state index is 0.561. The SMILES string of the molecule is [C-]#[N+]c1cccc(N(c2ccccc2)c2ccc3c(c2)c2cc(N(c4ccccc4)c4cccc(C#N)c4)ccc2n3-c2cccc(N(c3ccccc3)c3cccc(C#N)c3)c2)c1. The summed E-state index contributed by atoms with van der Waals surface area (Å²) in [6.07, 6.45) is 0. The average molecular weight is 820 g/mol. The second kappa shape index (κ2) is 17.0. The van der Waals surface area contributed by atoms with E-state index >= 15 is 0 Å². The first-order valence-corrected chi connectivity index (χ1v) is 20.8. The number of aromatic nitrogens is 1. The van der Waals surface area contributed by atoms with Gasteiger partial charge < -0.3 is 19.3 Å². The van der Waals surface area contributed by atoms with Crippen molar-refractivity contribution in [1.29, 1.82) is 10.5 Å². The molecule has 7 heteroatoms. The smallest absolute Gasteiger partial charge is 0.189 e. The third kappa shape index (κ3) is 7.31. The molecule has 9 aromatic carbocycles. The number of nitrogens with zero attached hydrogens (tertiary/aromatic N) is 7. The summed E-state index contributed by atoms with van der Waals surface area (Å²) in [7, 11) is 0. The molecule has 0 bridgehead atoms. The summed E-state index contributed by atoms with van der Waals surface area (Å²) >= 11 is 0.